The van der Waals surface area contributed by atoms with Crippen LogP contribution in [0.15, 0.2) is 0 Å². The standard InChI is InChI=1S/C17H30N4O3.ClH/c1-12(2)15(21-10-4-6-14(21)22)17(24)20-9-3-5-13(11-20)16(23)19-8-7-18;/h12-13,15H,3-11,18H2,1-2H3,(H,19,23);1H. The predicted octanol–water partition coefficient (Wildman–Crippen LogP) is 0.369. The first-order valence-corrected chi connectivity index (χ1v) is 9.01. The average molecular weight is 375 g/mol. The topological polar surface area (TPSA) is 95.7 Å². The van der Waals surface area contributed by atoms with Crippen LogP contribution in [0.4, 0.5) is 0 Å². The van der Waals surface area contributed by atoms with Gasteiger partial charge in [-0.3, -0.25) is 14.4 Å². The van der Waals surface area contributed by atoms with Gasteiger partial charge in [-0.2, -0.15) is 0 Å². The van der Waals surface area contributed by atoms with Crippen LogP contribution in [0.3, 0.4) is 0 Å². The Morgan fingerprint density at radius 3 is 2.56 bits per heavy atom. The molecular weight excluding hydrogens is 344 g/mol. The summed E-state index contributed by atoms with van der Waals surface area (Å²) in [5, 5.41) is 2.81. The summed E-state index contributed by atoms with van der Waals surface area (Å²) in [6.45, 7) is 6.56. The number of halogens is 1. The molecule has 144 valence electrons. The van der Waals surface area contributed by atoms with Gasteiger partial charge < -0.3 is 20.9 Å². The predicted molar refractivity (Wildman–Crippen MR) is 98.2 cm³/mol. The van der Waals surface area contributed by atoms with Crippen LogP contribution in [0, 0.1) is 11.8 Å². The van der Waals surface area contributed by atoms with E-state index in [1.165, 1.54) is 0 Å². The summed E-state index contributed by atoms with van der Waals surface area (Å²) >= 11 is 0. The molecule has 0 saturated carbocycles. The van der Waals surface area contributed by atoms with Gasteiger partial charge in [0.25, 0.3) is 0 Å². The van der Waals surface area contributed by atoms with Crippen molar-refractivity contribution in [3.63, 3.8) is 0 Å². The fraction of sp³-hybridized carbons (Fsp3) is 0.824. The van der Waals surface area contributed by atoms with E-state index in [2.05, 4.69) is 5.32 Å². The zero-order valence-corrected chi connectivity index (χ0v) is 16.0. The summed E-state index contributed by atoms with van der Waals surface area (Å²) in [5.41, 5.74) is 5.42. The zero-order valence-electron chi connectivity index (χ0n) is 15.2. The molecule has 0 radical (unpaired) electrons. The SMILES string of the molecule is CC(C)C(C(=O)N1CCCC(C(=O)NCCN)C1)N1CCCC1=O.Cl. The third kappa shape index (κ3) is 5.31. The lowest BCUT2D eigenvalue weighted by molar-refractivity contribution is -0.147. The maximum absolute atomic E-state index is 13.0. The molecular formula is C17H31ClN4O3. The first-order valence-electron chi connectivity index (χ1n) is 9.01. The molecule has 3 amide bonds. The van der Waals surface area contributed by atoms with Crippen molar-refractivity contribution in [3.05, 3.63) is 0 Å². The minimum absolute atomic E-state index is 0. The Bertz CT molecular complexity index is 487. The normalized spacial score (nSPS) is 21.9. The maximum Gasteiger partial charge on any atom is 0.245 e. The van der Waals surface area contributed by atoms with Gasteiger partial charge in [0.15, 0.2) is 0 Å². The Labute approximate surface area is 156 Å². The van der Waals surface area contributed by atoms with Crippen molar-refractivity contribution in [2.24, 2.45) is 17.6 Å². The number of carbonyl (C=O) groups is 3. The number of nitrogens with zero attached hydrogens (tertiary/aromatic N) is 2. The molecule has 3 N–H and O–H groups in total. The van der Waals surface area contributed by atoms with E-state index in [4.69, 9.17) is 5.73 Å². The molecule has 2 heterocycles. The van der Waals surface area contributed by atoms with Crippen LogP contribution < -0.4 is 11.1 Å². The number of rotatable bonds is 6. The van der Waals surface area contributed by atoms with E-state index in [1.54, 1.807) is 9.80 Å². The Morgan fingerprint density at radius 1 is 1.28 bits per heavy atom. The second-order valence-electron chi connectivity index (χ2n) is 7.08. The number of hydrogen-bond acceptors (Lipinski definition) is 4. The smallest absolute Gasteiger partial charge is 0.245 e. The first kappa shape index (κ1) is 21.7. The third-order valence-corrected chi connectivity index (χ3v) is 4.88. The van der Waals surface area contributed by atoms with Gasteiger partial charge in [-0.05, 0) is 25.2 Å². The molecule has 2 aliphatic rings. The fourth-order valence-electron chi connectivity index (χ4n) is 3.66. The minimum Gasteiger partial charge on any atom is -0.355 e. The van der Waals surface area contributed by atoms with Gasteiger partial charge in [-0.15, -0.1) is 12.4 Å². The minimum atomic E-state index is -0.411. The molecule has 25 heavy (non-hydrogen) atoms. The Kier molecular flexibility index (Phi) is 8.65. The van der Waals surface area contributed by atoms with Crippen LogP contribution in [0.1, 0.15) is 39.5 Å². The lowest BCUT2D eigenvalue weighted by Gasteiger charge is -2.38. The van der Waals surface area contributed by atoms with Gasteiger partial charge in [-0.1, -0.05) is 13.8 Å². The molecule has 0 aliphatic carbocycles. The lowest BCUT2D eigenvalue weighted by Crippen LogP contribution is -2.55. The highest BCUT2D eigenvalue weighted by Crippen LogP contribution is 2.24. The number of piperidine rings is 1. The largest absolute Gasteiger partial charge is 0.355 e. The van der Waals surface area contributed by atoms with E-state index < -0.39 is 6.04 Å². The number of likely N-dealkylation sites (tertiary alicyclic amines) is 2. The number of carbonyl (C=O) groups excluding carboxylic acids is 3. The average Bonchev–Trinajstić information content (AvgIpc) is 2.98. The lowest BCUT2D eigenvalue weighted by atomic mass is 9.94. The van der Waals surface area contributed by atoms with E-state index in [1.807, 2.05) is 13.8 Å². The van der Waals surface area contributed by atoms with Crippen LogP contribution in [0.5, 0.6) is 0 Å². The summed E-state index contributed by atoms with van der Waals surface area (Å²) in [7, 11) is 0. The summed E-state index contributed by atoms with van der Waals surface area (Å²) < 4.78 is 0. The zero-order chi connectivity index (χ0) is 17.7. The first-order chi connectivity index (χ1) is 11.5. The summed E-state index contributed by atoms with van der Waals surface area (Å²) in [6.07, 6.45) is 2.94. The highest BCUT2D eigenvalue weighted by molar-refractivity contribution is 5.89. The highest BCUT2D eigenvalue weighted by Gasteiger charge is 2.39. The molecule has 0 aromatic carbocycles. The van der Waals surface area contributed by atoms with Crippen LogP contribution >= 0.6 is 12.4 Å². The summed E-state index contributed by atoms with van der Waals surface area (Å²) in [4.78, 5) is 40.8. The van der Waals surface area contributed by atoms with E-state index in [-0.39, 0.29) is 42.0 Å². The molecule has 0 bridgehead atoms. The molecule has 2 fully saturated rings. The Hall–Kier alpha value is -1.34. The van der Waals surface area contributed by atoms with Crippen LogP contribution in [-0.2, 0) is 14.4 Å². The molecule has 2 rings (SSSR count). The molecule has 0 aromatic rings. The van der Waals surface area contributed by atoms with Crippen molar-refractivity contribution >= 4 is 30.1 Å². The van der Waals surface area contributed by atoms with Crippen LogP contribution in [0.25, 0.3) is 0 Å². The van der Waals surface area contributed by atoms with E-state index >= 15 is 0 Å². The van der Waals surface area contributed by atoms with Gasteiger partial charge in [0.2, 0.25) is 17.7 Å². The van der Waals surface area contributed by atoms with Gasteiger partial charge in [0.05, 0.1) is 5.92 Å². The molecule has 7 nitrogen and oxygen atoms in total. The number of nitrogens with two attached hydrogens (primary N) is 1. The summed E-state index contributed by atoms with van der Waals surface area (Å²) in [5.74, 6) is -0.105. The van der Waals surface area contributed by atoms with E-state index in [9.17, 15) is 14.4 Å². The maximum atomic E-state index is 13.0. The second-order valence-corrected chi connectivity index (χ2v) is 7.08. The third-order valence-electron chi connectivity index (χ3n) is 4.88. The van der Waals surface area contributed by atoms with Crippen molar-refractivity contribution in [1.82, 2.24) is 15.1 Å². The van der Waals surface area contributed by atoms with Crippen molar-refractivity contribution in [2.45, 2.75) is 45.6 Å². The van der Waals surface area contributed by atoms with Gasteiger partial charge >= 0.3 is 0 Å². The van der Waals surface area contributed by atoms with E-state index in [0.717, 1.165) is 19.3 Å². The van der Waals surface area contributed by atoms with Gasteiger partial charge in [0.1, 0.15) is 6.04 Å². The molecule has 0 spiro atoms. The van der Waals surface area contributed by atoms with Crippen molar-refractivity contribution in [2.75, 3.05) is 32.7 Å². The Morgan fingerprint density at radius 2 is 2.00 bits per heavy atom. The molecule has 2 saturated heterocycles. The van der Waals surface area contributed by atoms with Crippen molar-refractivity contribution in [3.8, 4) is 0 Å². The number of hydrogen-bond donors (Lipinski definition) is 2. The van der Waals surface area contributed by atoms with E-state index in [0.29, 0.717) is 39.1 Å². The highest BCUT2D eigenvalue weighted by atomic mass is 35.5. The van der Waals surface area contributed by atoms with Gasteiger partial charge in [0, 0.05) is 39.1 Å². The molecule has 8 heteroatoms. The monoisotopic (exact) mass is 374 g/mol. The van der Waals surface area contributed by atoms with Crippen molar-refractivity contribution in [1.29, 1.82) is 0 Å². The van der Waals surface area contributed by atoms with Crippen molar-refractivity contribution < 1.29 is 14.4 Å². The van der Waals surface area contributed by atoms with Crippen LogP contribution in [0.2, 0.25) is 0 Å². The fourth-order valence-corrected chi connectivity index (χ4v) is 3.66. The molecule has 2 atom stereocenters. The molecule has 0 aromatic heterocycles. The van der Waals surface area contributed by atoms with Gasteiger partial charge in [-0.25, -0.2) is 0 Å². The quantitative estimate of drug-likeness (QED) is 0.702. The Balaban J connectivity index is 0.00000312. The summed E-state index contributed by atoms with van der Waals surface area (Å²) in [6, 6.07) is -0.411. The second kappa shape index (κ2) is 9.97. The number of amides is 3. The molecule has 2 unspecified atom stereocenters. The number of nitrogens with one attached hydrogen (secondary N) is 1. The molecule has 2 aliphatic heterocycles. The van der Waals surface area contributed by atoms with Crippen LogP contribution in [-0.4, -0.2) is 66.3 Å².